The van der Waals surface area contributed by atoms with Gasteiger partial charge in [-0.25, -0.2) is 0 Å². The Kier molecular flexibility index (Phi) is 5.48. The van der Waals surface area contributed by atoms with Crippen molar-refractivity contribution in [3.8, 4) is 0 Å². The molecule has 0 spiro atoms. The number of Topliss-reactive ketones (excluding diaryl/α,β-unsaturated/α-hetero) is 1. The lowest BCUT2D eigenvalue weighted by molar-refractivity contribution is -0.114. The number of allylic oxidation sites excluding steroid dienone is 2. The van der Waals surface area contributed by atoms with Gasteiger partial charge in [-0.2, -0.15) is 5.10 Å². The third-order valence-corrected chi connectivity index (χ3v) is 7.26. The van der Waals surface area contributed by atoms with Crippen LogP contribution < -0.4 is 5.84 Å². The first-order chi connectivity index (χ1) is 15.0. The van der Waals surface area contributed by atoms with Crippen LogP contribution in [-0.2, 0) is 15.6 Å². The summed E-state index contributed by atoms with van der Waals surface area (Å²) >= 11 is 0. The normalized spacial score (nSPS) is 20.3. The summed E-state index contributed by atoms with van der Waals surface area (Å²) in [6.45, 7) is 11.3. The topological polar surface area (TPSA) is 88.6 Å². The lowest BCUT2D eigenvalue weighted by atomic mass is 9.62. The van der Waals surface area contributed by atoms with Crippen molar-refractivity contribution >= 4 is 17.1 Å². The van der Waals surface area contributed by atoms with E-state index < -0.39 is 0 Å². The van der Waals surface area contributed by atoms with Crippen molar-refractivity contribution in [1.82, 2.24) is 4.98 Å². The predicted octanol–water partition coefficient (Wildman–Crippen LogP) is 5.47. The number of aryl methyl sites for hydroxylation is 1. The van der Waals surface area contributed by atoms with Crippen LogP contribution in [0.4, 0.5) is 0 Å². The molecule has 5 nitrogen and oxygen atoms in total. The van der Waals surface area contributed by atoms with Crippen molar-refractivity contribution in [2.75, 3.05) is 0 Å². The first-order valence-electron chi connectivity index (χ1n) is 11.4. The molecule has 0 amide bonds. The molecule has 5 heteroatoms. The maximum absolute atomic E-state index is 12.3. The Hall–Kier alpha value is -2.95. The molecule has 32 heavy (non-hydrogen) atoms. The summed E-state index contributed by atoms with van der Waals surface area (Å²) in [7, 11) is 0. The first-order valence-corrected chi connectivity index (χ1v) is 11.4. The van der Waals surface area contributed by atoms with Crippen molar-refractivity contribution in [3.05, 3.63) is 69.7 Å². The van der Waals surface area contributed by atoms with Gasteiger partial charge in [0.05, 0.1) is 11.3 Å². The van der Waals surface area contributed by atoms with E-state index in [-0.39, 0.29) is 22.4 Å². The van der Waals surface area contributed by atoms with Crippen LogP contribution >= 0.6 is 0 Å². The van der Waals surface area contributed by atoms with Crippen molar-refractivity contribution in [1.29, 1.82) is 0 Å². The Balaban J connectivity index is 1.77. The molecule has 0 unspecified atom stereocenters. The van der Waals surface area contributed by atoms with Crippen LogP contribution in [-0.4, -0.2) is 21.6 Å². The van der Waals surface area contributed by atoms with Crippen LogP contribution in [0, 0.1) is 6.92 Å². The number of nitrogens with two attached hydrogens (primary N) is 1. The molecule has 0 bridgehead atoms. The number of hydrazone groups is 1. The number of aliphatic hydroxyl groups is 1. The second-order valence-corrected chi connectivity index (χ2v) is 10.5. The van der Waals surface area contributed by atoms with Gasteiger partial charge in [-0.1, -0.05) is 39.8 Å². The van der Waals surface area contributed by atoms with Gasteiger partial charge in [0.15, 0.2) is 5.78 Å². The van der Waals surface area contributed by atoms with Crippen molar-refractivity contribution in [2.24, 2.45) is 10.9 Å². The lowest BCUT2D eigenvalue weighted by Crippen LogP contribution is -2.34. The molecule has 1 heterocycles. The Labute approximate surface area is 190 Å². The van der Waals surface area contributed by atoms with E-state index in [1.54, 1.807) is 6.20 Å². The Morgan fingerprint density at radius 2 is 1.72 bits per heavy atom. The van der Waals surface area contributed by atoms with E-state index in [1.807, 2.05) is 12.1 Å². The number of rotatable bonds is 3. The van der Waals surface area contributed by atoms with E-state index in [2.05, 4.69) is 56.8 Å². The lowest BCUT2D eigenvalue weighted by Gasteiger charge is -2.42. The number of ketones is 1. The third-order valence-electron chi connectivity index (χ3n) is 7.26. The van der Waals surface area contributed by atoms with E-state index in [9.17, 15) is 9.90 Å². The number of carbonyl (C=O) groups is 1. The van der Waals surface area contributed by atoms with Crippen LogP contribution in [0.3, 0.4) is 0 Å². The Bertz CT molecular complexity index is 1140. The van der Waals surface area contributed by atoms with Gasteiger partial charge < -0.3 is 10.9 Å². The molecule has 3 N–H and O–H groups in total. The number of fused-ring (bicyclic) bond motifs is 1. The first kappa shape index (κ1) is 22.3. The molecule has 1 aromatic carbocycles. The summed E-state index contributed by atoms with van der Waals surface area (Å²) in [6, 6.07) is 8.18. The summed E-state index contributed by atoms with van der Waals surface area (Å²) in [6.07, 6.45) is 5.60. The smallest absolute Gasteiger partial charge is 0.166 e. The van der Waals surface area contributed by atoms with Crippen LogP contribution in [0.25, 0.3) is 5.57 Å². The highest BCUT2D eigenvalue weighted by atomic mass is 16.3. The molecule has 0 aliphatic heterocycles. The SMILES string of the molecule is Cc1cc2c(cc1/C(=N/N)c1ccc(C3=C(O)CCCC3=O)cn1)C(C)(C)CCC2(C)C. The molecule has 0 saturated carbocycles. The van der Waals surface area contributed by atoms with Gasteiger partial charge in [0.2, 0.25) is 0 Å². The number of pyridine rings is 1. The molecule has 0 fully saturated rings. The largest absolute Gasteiger partial charge is 0.512 e. The van der Waals surface area contributed by atoms with E-state index in [0.717, 1.165) is 24.0 Å². The summed E-state index contributed by atoms with van der Waals surface area (Å²) in [5.41, 5.74) is 7.35. The molecule has 0 radical (unpaired) electrons. The fourth-order valence-electron chi connectivity index (χ4n) is 5.09. The number of benzene rings is 1. The number of hydrogen-bond acceptors (Lipinski definition) is 5. The molecule has 168 valence electrons. The fourth-order valence-corrected chi connectivity index (χ4v) is 5.09. The van der Waals surface area contributed by atoms with E-state index in [4.69, 9.17) is 5.84 Å². The molecule has 1 aromatic heterocycles. The van der Waals surface area contributed by atoms with Crippen LogP contribution in [0.2, 0.25) is 0 Å². The van der Waals surface area contributed by atoms with Crippen LogP contribution in [0.1, 0.15) is 93.3 Å². The van der Waals surface area contributed by atoms with Crippen molar-refractivity contribution < 1.29 is 9.90 Å². The maximum Gasteiger partial charge on any atom is 0.166 e. The predicted molar refractivity (Wildman–Crippen MR) is 129 cm³/mol. The highest BCUT2D eigenvalue weighted by molar-refractivity contribution is 6.22. The molecular weight excluding hydrogens is 398 g/mol. The summed E-state index contributed by atoms with van der Waals surface area (Å²) < 4.78 is 0. The molecule has 2 aliphatic carbocycles. The average Bonchev–Trinajstić information content (AvgIpc) is 2.74. The fraction of sp³-hybridized carbons (Fsp3) is 0.444. The average molecular weight is 432 g/mol. The highest BCUT2D eigenvalue weighted by Gasteiger charge is 2.37. The molecule has 0 atom stereocenters. The molecule has 4 rings (SSSR count). The summed E-state index contributed by atoms with van der Waals surface area (Å²) in [5.74, 6) is 5.99. The second kappa shape index (κ2) is 7.88. The number of aromatic nitrogens is 1. The summed E-state index contributed by atoms with van der Waals surface area (Å²) in [4.78, 5) is 16.9. The standard InChI is InChI=1S/C27H33N3O2/c1-16-13-19-20(27(4,5)12-11-26(19,2)3)14-18(16)25(30-28)21-10-9-17(15-29-21)24-22(31)7-6-8-23(24)32/h9-10,13-15,31H,6-8,11-12,28H2,1-5H3/b30-25-. The monoisotopic (exact) mass is 431 g/mol. The number of carbonyl (C=O) groups excluding carboxylic acids is 1. The zero-order valence-corrected chi connectivity index (χ0v) is 19.7. The second-order valence-electron chi connectivity index (χ2n) is 10.5. The molecule has 0 saturated heterocycles. The van der Waals surface area contributed by atoms with Crippen molar-refractivity contribution in [3.63, 3.8) is 0 Å². The third kappa shape index (κ3) is 3.74. The quantitative estimate of drug-likeness (QED) is 0.383. The van der Waals surface area contributed by atoms with Crippen LogP contribution in [0.5, 0.6) is 0 Å². The minimum Gasteiger partial charge on any atom is -0.512 e. The zero-order valence-electron chi connectivity index (χ0n) is 19.7. The minimum absolute atomic E-state index is 0.0357. The minimum atomic E-state index is -0.0357. The highest BCUT2D eigenvalue weighted by Crippen LogP contribution is 2.46. The van der Waals surface area contributed by atoms with Gasteiger partial charge >= 0.3 is 0 Å². The van der Waals surface area contributed by atoms with Gasteiger partial charge in [0.1, 0.15) is 11.5 Å². The van der Waals surface area contributed by atoms with Gasteiger partial charge in [-0.05, 0) is 65.8 Å². The van der Waals surface area contributed by atoms with Crippen LogP contribution in [0.15, 0.2) is 41.3 Å². The Morgan fingerprint density at radius 1 is 1.06 bits per heavy atom. The molecule has 2 aliphatic rings. The number of aliphatic hydroxyl groups excluding tert-OH is 1. The van der Waals surface area contributed by atoms with Crippen molar-refractivity contribution in [2.45, 2.75) is 77.6 Å². The number of hydrogen-bond donors (Lipinski definition) is 2. The van der Waals surface area contributed by atoms with Gasteiger partial charge in [-0.15, -0.1) is 0 Å². The maximum atomic E-state index is 12.3. The number of nitrogens with zero attached hydrogens (tertiary/aromatic N) is 2. The summed E-state index contributed by atoms with van der Waals surface area (Å²) in [5, 5.41) is 14.3. The van der Waals surface area contributed by atoms with E-state index in [1.165, 1.54) is 11.1 Å². The zero-order chi connectivity index (χ0) is 23.3. The van der Waals surface area contributed by atoms with Gasteiger partial charge in [0, 0.05) is 30.2 Å². The van der Waals surface area contributed by atoms with Gasteiger partial charge in [-0.3, -0.25) is 9.78 Å². The molecular formula is C27H33N3O2. The van der Waals surface area contributed by atoms with E-state index in [0.29, 0.717) is 41.8 Å². The Morgan fingerprint density at radius 3 is 2.28 bits per heavy atom. The van der Waals surface area contributed by atoms with E-state index >= 15 is 0 Å². The van der Waals surface area contributed by atoms with Gasteiger partial charge in [0.25, 0.3) is 0 Å². The molecule has 2 aromatic rings.